The van der Waals surface area contributed by atoms with Gasteiger partial charge in [-0.25, -0.2) is 0 Å². The number of rotatable bonds is 6. The SMILES string of the molecule is CC(C)C(C)(CC(C)(C)C)C(=O)Sc1ccc(C(=O)c2ccccc2)cc1. The maximum atomic E-state index is 13.1. The van der Waals surface area contributed by atoms with Crippen LogP contribution in [0, 0.1) is 16.7 Å². The van der Waals surface area contributed by atoms with Gasteiger partial charge < -0.3 is 0 Å². The summed E-state index contributed by atoms with van der Waals surface area (Å²) in [7, 11) is 0. The Morgan fingerprint density at radius 1 is 0.852 bits per heavy atom. The predicted molar refractivity (Wildman–Crippen MR) is 114 cm³/mol. The molecule has 0 aromatic heterocycles. The van der Waals surface area contributed by atoms with Crippen LogP contribution in [0.4, 0.5) is 0 Å². The summed E-state index contributed by atoms with van der Waals surface area (Å²) in [6.07, 6.45) is 0.841. The van der Waals surface area contributed by atoms with Crippen molar-refractivity contribution in [3.05, 3.63) is 65.7 Å². The van der Waals surface area contributed by atoms with Gasteiger partial charge in [-0.2, -0.15) is 0 Å². The van der Waals surface area contributed by atoms with Crippen LogP contribution in [0.2, 0.25) is 0 Å². The van der Waals surface area contributed by atoms with Crippen molar-refractivity contribution in [2.45, 2.75) is 52.9 Å². The van der Waals surface area contributed by atoms with Gasteiger partial charge in [0.05, 0.1) is 0 Å². The Labute approximate surface area is 167 Å². The van der Waals surface area contributed by atoms with Crippen LogP contribution in [0.5, 0.6) is 0 Å². The fourth-order valence-corrected chi connectivity index (χ4v) is 4.30. The Kier molecular flexibility index (Phi) is 6.69. The quantitative estimate of drug-likeness (QED) is 0.415. The monoisotopic (exact) mass is 382 g/mol. The highest BCUT2D eigenvalue weighted by Gasteiger charge is 2.40. The first kappa shape index (κ1) is 21.4. The molecule has 0 bridgehead atoms. The molecule has 0 heterocycles. The summed E-state index contributed by atoms with van der Waals surface area (Å²) in [5.41, 5.74) is 1.01. The molecule has 2 aromatic rings. The van der Waals surface area contributed by atoms with Gasteiger partial charge in [-0.15, -0.1) is 0 Å². The molecular weight excluding hydrogens is 352 g/mol. The van der Waals surface area contributed by atoms with Gasteiger partial charge in [0.1, 0.15) is 0 Å². The highest BCUT2D eigenvalue weighted by atomic mass is 32.2. The minimum atomic E-state index is -0.387. The maximum Gasteiger partial charge on any atom is 0.199 e. The molecule has 0 saturated carbocycles. The van der Waals surface area contributed by atoms with Gasteiger partial charge in [0.2, 0.25) is 0 Å². The van der Waals surface area contributed by atoms with Crippen LogP contribution in [0.1, 0.15) is 63.9 Å². The molecule has 144 valence electrons. The highest BCUT2D eigenvalue weighted by molar-refractivity contribution is 8.13. The Balaban J connectivity index is 2.15. The molecule has 0 radical (unpaired) electrons. The molecule has 0 aliphatic carbocycles. The lowest BCUT2D eigenvalue weighted by Gasteiger charge is -2.37. The lowest BCUT2D eigenvalue weighted by molar-refractivity contribution is -0.122. The molecule has 0 N–H and O–H groups in total. The van der Waals surface area contributed by atoms with Crippen LogP contribution in [0.3, 0.4) is 0 Å². The first-order valence-corrected chi connectivity index (χ1v) is 10.3. The van der Waals surface area contributed by atoms with E-state index in [2.05, 4.69) is 41.5 Å². The normalized spacial score (nSPS) is 14.0. The topological polar surface area (TPSA) is 34.1 Å². The van der Waals surface area contributed by atoms with Crippen LogP contribution >= 0.6 is 11.8 Å². The minimum Gasteiger partial charge on any atom is -0.289 e. The van der Waals surface area contributed by atoms with Crippen LogP contribution in [-0.2, 0) is 4.79 Å². The van der Waals surface area contributed by atoms with E-state index in [1.807, 2.05) is 42.5 Å². The van der Waals surface area contributed by atoms with Gasteiger partial charge in [0.25, 0.3) is 0 Å². The molecule has 0 amide bonds. The molecule has 0 spiro atoms. The Hall–Kier alpha value is -1.87. The summed E-state index contributed by atoms with van der Waals surface area (Å²) in [6.45, 7) is 12.8. The van der Waals surface area contributed by atoms with Crippen LogP contribution in [0.15, 0.2) is 59.5 Å². The van der Waals surface area contributed by atoms with Gasteiger partial charge in [0, 0.05) is 21.4 Å². The van der Waals surface area contributed by atoms with Crippen molar-refractivity contribution in [1.29, 1.82) is 0 Å². The third-order valence-electron chi connectivity index (χ3n) is 5.00. The van der Waals surface area contributed by atoms with E-state index in [4.69, 9.17) is 0 Å². The van der Waals surface area contributed by atoms with E-state index in [1.165, 1.54) is 11.8 Å². The molecule has 27 heavy (non-hydrogen) atoms. The molecular formula is C24H30O2S. The second-order valence-electron chi connectivity index (χ2n) is 8.92. The van der Waals surface area contributed by atoms with E-state index in [9.17, 15) is 9.59 Å². The molecule has 0 aliphatic heterocycles. The average molecular weight is 383 g/mol. The smallest absolute Gasteiger partial charge is 0.199 e. The summed E-state index contributed by atoms with van der Waals surface area (Å²) in [5, 5.41) is 0.189. The molecule has 0 fully saturated rings. The van der Waals surface area contributed by atoms with Crippen molar-refractivity contribution in [3.63, 3.8) is 0 Å². The lowest BCUT2D eigenvalue weighted by Crippen LogP contribution is -2.35. The zero-order chi connectivity index (χ0) is 20.2. The summed E-state index contributed by atoms with van der Waals surface area (Å²) >= 11 is 1.29. The predicted octanol–water partition coefficient (Wildman–Crippen LogP) is 6.63. The molecule has 1 unspecified atom stereocenters. The Bertz CT molecular complexity index is 785. The minimum absolute atomic E-state index is 0.00164. The summed E-state index contributed by atoms with van der Waals surface area (Å²) in [4.78, 5) is 26.5. The Morgan fingerprint density at radius 2 is 1.37 bits per heavy atom. The van der Waals surface area contributed by atoms with Crippen molar-refractivity contribution in [3.8, 4) is 0 Å². The van der Waals surface area contributed by atoms with Gasteiger partial charge in [0.15, 0.2) is 10.9 Å². The number of hydrogen-bond acceptors (Lipinski definition) is 3. The molecule has 3 heteroatoms. The van der Waals surface area contributed by atoms with E-state index in [1.54, 1.807) is 12.1 Å². The van der Waals surface area contributed by atoms with Crippen LogP contribution in [-0.4, -0.2) is 10.9 Å². The summed E-state index contributed by atoms with van der Waals surface area (Å²) < 4.78 is 0. The highest BCUT2D eigenvalue weighted by Crippen LogP contribution is 2.44. The first-order valence-electron chi connectivity index (χ1n) is 9.45. The third-order valence-corrected chi connectivity index (χ3v) is 6.16. The number of carbonyl (C=O) groups is 2. The molecule has 1 atom stereocenters. The Morgan fingerprint density at radius 3 is 1.85 bits per heavy atom. The van der Waals surface area contributed by atoms with Crippen molar-refractivity contribution in [2.24, 2.45) is 16.7 Å². The number of carbonyl (C=O) groups excluding carboxylic acids is 2. The maximum absolute atomic E-state index is 13.1. The van der Waals surface area contributed by atoms with E-state index in [0.29, 0.717) is 11.1 Å². The average Bonchev–Trinajstić information content (AvgIpc) is 2.61. The summed E-state index contributed by atoms with van der Waals surface area (Å²) in [5.74, 6) is 0.258. The van der Waals surface area contributed by atoms with Crippen molar-refractivity contribution < 1.29 is 9.59 Å². The van der Waals surface area contributed by atoms with Crippen LogP contribution < -0.4 is 0 Å². The molecule has 2 rings (SSSR count). The van der Waals surface area contributed by atoms with Crippen molar-refractivity contribution >= 4 is 22.7 Å². The van der Waals surface area contributed by atoms with Crippen molar-refractivity contribution in [1.82, 2.24) is 0 Å². The zero-order valence-corrected chi connectivity index (χ0v) is 18.0. The number of benzene rings is 2. The fraction of sp³-hybridized carbons (Fsp3) is 0.417. The lowest BCUT2D eigenvalue weighted by atomic mass is 9.69. The molecule has 0 saturated heterocycles. The van der Waals surface area contributed by atoms with Crippen LogP contribution in [0.25, 0.3) is 0 Å². The fourth-order valence-electron chi connectivity index (χ4n) is 3.27. The zero-order valence-electron chi connectivity index (χ0n) is 17.2. The van der Waals surface area contributed by atoms with Gasteiger partial charge >= 0.3 is 0 Å². The number of ketones is 1. The van der Waals surface area contributed by atoms with Gasteiger partial charge in [-0.05, 0) is 42.0 Å². The molecule has 0 aliphatic rings. The third kappa shape index (κ3) is 5.55. The molecule has 2 aromatic carbocycles. The second kappa shape index (κ2) is 8.43. The van der Waals surface area contributed by atoms with Gasteiger partial charge in [-0.1, -0.05) is 83.6 Å². The van der Waals surface area contributed by atoms with E-state index >= 15 is 0 Å². The second-order valence-corrected chi connectivity index (χ2v) is 9.96. The number of thioether (sulfide) groups is 1. The largest absolute Gasteiger partial charge is 0.289 e. The number of hydrogen-bond donors (Lipinski definition) is 0. The van der Waals surface area contributed by atoms with Gasteiger partial charge in [-0.3, -0.25) is 9.59 Å². The first-order chi connectivity index (χ1) is 12.5. The molecule has 2 nitrogen and oxygen atoms in total. The summed E-state index contributed by atoms with van der Waals surface area (Å²) in [6, 6.07) is 16.6. The van der Waals surface area contributed by atoms with E-state index in [-0.39, 0.29) is 27.6 Å². The van der Waals surface area contributed by atoms with E-state index < -0.39 is 0 Å². The van der Waals surface area contributed by atoms with Crippen molar-refractivity contribution in [2.75, 3.05) is 0 Å². The standard InChI is InChI=1S/C24H30O2S/c1-17(2)24(6,16-23(3,4)5)22(26)27-20-14-12-19(13-15-20)21(25)18-10-8-7-9-11-18/h7-15,17H,16H2,1-6H3. The van der Waals surface area contributed by atoms with E-state index in [0.717, 1.165) is 11.3 Å².